The van der Waals surface area contributed by atoms with E-state index in [9.17, 15) is 9.18 Å². The summed E-state index contributed by atoms with van der Waals surface area (Å²) < 4.78 is 13.3. The molecule has 1 N–H and O–H groups in total. The molecule has 0 aliphatic carbocycles. The van der Waals surface area contributed by atoms with Gasteiger partial charge in [-0.1, -0.05) is 0 Å². The summed E-state index contributed by atoms with van der Waals surface area (Å²) >= 11 is 0. The summed E-state index contributed by atoms with van der Waals surface area (Å²) in [6.45, 7) is 1.84. The van der Waals surface area contributed by atoms with Crippen molar-refractivity contribution >= 4 is 11.6 Å². The van der Waals surface area contributed by atoms with Crippen LogP contribution < -0.4 is 5.32 Å². The number of amides is 1. The van der Waals surface area contributed by atoms with Crippen molar-refractivity contribution in [3.05, 3.63) is 53.9 Å². The molecule has 2 rings (SSSR count). The Bertz CT molecular complexity index is 540. The van der Waals surface area contributed by atoms with Crippen molar-refractivity contribution < 1.29 is 9.18 Å². The van der Waals surface area contributed by atoms with Gasteiger partial charge in [0.05, 0.1) is 23.6 Å². The largest absolute Gasteiger partial charge is 0.320 e. The lowest BCUT2D eigenvalue weighted by Gasteiger charge is -2.05. The highest BCUT2D eigenvalue weighted by atomic mass is 19.1. The van der Waals surface area contributed by atoms with Gasteiger partial charge in [-0.3, -0.25) is 14.8 Å². The highest BCUT2D eigenvalue weighted by molar-refractivity contribution is 6.04. The van der Waals surface area contributed by atoms with E-state index in [0.717, 1.165) is 11.9 Å². The summed E-state index contributed by atoms with van der Waals surface area (Å²) in [4.78, 5) is 19.3. The second-order valence-electron chi connectivity index (χ2n) is 3.50. The molecular formula is C12H10FN3O. The number of nitrogens with zero attached hydrogens (tertiary/aromatic N) is 2. The molecular weight excluding hydrogens is 221 g/mol. The first-order valence-electron chi connectivity index (χ1n) is 5.00. The zero-order valence-corrected chi connectivity index (χ0v) is 9.14. The highest BCUT2D eigenvalue weighted by Gasteiger charge is 2.11. The van der Waals surface area contributed by atoms with Gasteiger partial charge in [0.2, 0.25) is 0 Å². The average molecular weight is 231 g/mol. The predicted octanol–water partition coefficient (Wildman–Crippen LogP) is 2.18. The van der Waals surface area contributed by atoms with Gasteiger partial charge in [0.25, 0.3) is 5.91 Å². The second kappa shape index (κ2) is 4.69. The number of anilines is 1. The van der Waals surface area contributed by atoms with Gasteiger partial charge in [0.1, 0.15) is 0 Å². The topological polar surface area (TPSA) is 54.9 Å². The van der Waals surface area contributed by atoms with Crippen molar-refractivity contribution in [3.8, 4) is 0 Å². The van der Waals surface area contributed by atoms with Gasteiger partial charge in [0.15, 0.2) is 5.82 Å². The number of rotatable bonds is 2. The van der Waals surface area contributed by atoms with E-state index in [4.69, 9.17) is 0 Å². The van der Waals surface area contributed by atoms with Gasteiger partial charge < -0.3 is 5.32 Å². The minimum Gasteiger partial charge on any atom is -0.320 e. The summed E-state index contributed by atoms with van der Waals surface area (Å²) in [6, 6.07) is 4.80. The minimum absolute atomic E-state index is 0.0411. The number of pyridine rings is 2. The maximum absolute atomic E-state index is 13.3. The molecule has 17 heavy (non-hydrogen) atoms. The number of aromatic nitrogens is 2. The lowest BCUT2D eigenvalue weighted by molar-refractivity contribution is 0.102. The molecule has 4 nitrogen and oxygen atoms in total. The van der Waals surface area contributed by atoms with Crippen molar-refractivity contribution in [3.63, 3.8) is 0 Å². The van der Waals surface area contributed by atoms with Gasteiger partial charge in [-0.05, 0) is 25.1 Å². The Kier molecular flexibility index (Phi) is 3.09. The minimum atomic E-state index is -0.648. The molecule has 0 spiro atoms. The fraction of sp³-hybridized carbons (Fsp3) is 0.0833. The SMILES string of the molecule is Cc1ccc(NC(=O)c2ccncc2F)cn1. The van der Waals surface area contributed by atoms with Gasteiger partial charge in [0, 0.05) is 11.9 Å². The van der Waals surface area contributed by atoms with Crippen molar-refractivity contribution in [2.24, 2.45) is 0 Å². The third-order valence-corrected chi connectivity index (χ3v) is 2.19. The smallest absolute Gasteiger partial charge is 0.258 e. The lowest BCUT2D eigenvalue weighted by atomic mass is 10.2. The molecule has 1 amide bonds. The lowest BCUT2D eigenvalue weighted by Crippen LogP contribution is -2.14. The van der Waals surface area contributed by atoms with Crippen LogP contribution in [-0.4, -0.2) is 15.9 Å². The van der Waals surface area contributed by atoms with E-state index >= 15 is 0 Å². The molecule has 2 heterocycles. The zero-order valence-electron chi connectivity index (χ0n) is 9.14. The number of hydrogen-bond acceptors (Lipinski definition) is 3. The van der Waals surface area contributed by atoms with E-state index in [2.05, 4.69) is 15.3 Å². The first kappa shape index (κ1) is 11.2. The molecule has 0 saturated heterocycles. The number of aryl methyl sites for hydroxylation is 1. The van der Waals surface area contributed by atoms with Crippen LogP contribution in [0.25, 0.3) is 0 Å². The van der Waals surface area contributed by atoms with Crippen molar-refractivity contribution in [2.75, 3.05) is 5.32 Å². The zero-order chi connectivity index (χ0) is 12.3. The van der Waals surface area contributed by atoms with Gasteiger partial charge in [-0.25, -0.2) is 4.39 Å². The first-order valence-corrected chi connectivity index (χ1v) is 5.00. The average Bonchev–Trinajstić information content (AvgIpc) is 2.32. The van der Waals surface area contributed by atoms with E-state index in [1.54, 1.807) is 12.1 Å². The van der Waals surface area contributed by atoms with E-state index < -0.39 is 11.7 Å². The maximum Gasteiger partial charge on any atom is 0.258 e. The Balaban J connectivity index is 2.17. The summed E-state index contributed by atoms with van der Waals surface area (Å²) in [7, 11) is 0. The van der Waals surface area contributed by atoms with Crippen LogP contribution in [0, 0.1) is 12.7 Å². The Morgan fingerprint density at radius 2 is 2.12 bits per heavy atom. The number of hydrogen-bond donors (Lipinski definition) is 1. The van der Waals surface area contributed by atoms with E-state index in [1.165, 1.54) is 18.5 Å². The van der Waals surface area contributed by atoms with Crippen LogP contribution in [0.5, 0.6) is 0 Å². The van der Waals surface area contributed by atoms with Crippen LogP contribution >= 0.6 is 0 Å². The Morgan fingerprint density at radius 3 is 2.76 bits per heavy atom. The predicted molar refractivity (Wildman–Crippen MR) is 61.1 cm³/mol. The van der Waals surface area contributed by atoms with Crippen LogP contribution in [-0.2, 0) is 0 Å². The Hall–Kier alpha value is -2.30. The van der Waals surface area contributed by atoms with Crippen LogP contribution in [0.3, 0.4) is 0 Å². The third kappa shape index (κ3) is 2.63. The molecule has 2 aromatic rings. The maximum atomic E-state index is 13.3. The number of carbonyl (C=O) groups excluding carboxylic acids is 1. The van der Waals surface area contributed by atoms with Crippen molar-refractivity contribution in [1.29, 1.82) is 0 Å². The van der Waals surface area contributed by atoms with Crippen molar-refractivity contribution in [2.45, 2.75) is 6.92 Å². The molecule has 0 atom stereocenters. The molecule has 0 aliphatic heterocycles. The number of carbonyl (C=O) groups is 1. The van der Waals surface area contributed by atoms with Crippen LogP contribution in [0.1, 0.15) is 16.1 Å². The quantitative estimate of drug-likeness (QED) is 0.861. The molecule has 0 fully saturated rings. The monoisotopic (exact) mass is 231 g/mol. The third-order valence-electron chi connectivity index (χ3n) is 2.19. The fourth-order valence-electron chi connectivity index (χ4n) is 1.30. The fourth-order valence-corrected chi connectivity index (χ4v) is 1.30. The molecule has 86 valence electrons. The van der Waals surface area contributed by atoms with Crippen molar-refractivity contribution in [1.82, 2.24) is 9.97 Å². The Morgan fingerprint density at radius 1 is 1.29 bits per heavy atom. The molecule has 2 aromatic heterocycles. The summed E-state index contributed by atoms with van der Waals surface area (Å²) in [5, 5.41) is 2.56. The van der Waals surface area contributed by atoms with Gasteiger partial charge in [-0.15, -0.1) is 0 Å². The summed E-state index contributed by atoms with van der Waals surface area (Å²) in [6.07, 6.45) is 3.89. The molecule has 0 saturated carbocycles. The number of nitrogens with one attached hydrogen (secondary N) is 1. The molecule has 5 heteroatoms. The Labute approximate surface area is 97.5 Å². The standard InChI is InChI=1S/C12H10FN3O/c1-8-2-3-9(6-15-8)16-12(17)10-4-5-14-7-11(10)13/h2-7H,1H3,(H,16,17). The van der Waals surface area contributed by atoms with Crippen LogP contribution in [0.15, 0.2) is 36.8 Å². The van der Waals surface area contributed by atoms with E-state index in [-0.39, 0.29) is 5.56 Å². The van der Waals surface area contributed by atoms with Crippen LogP contribution in [0.4, 0.5) is 10.1 Å². The normalized spacial score (nSPS) is 10.0. The summed E-state index contributed by atoms with van der Waals surface area (Å²) in [5.41, 5.74) is 1.33. The van der Waals surface area contributed by atoms with Gasteiger partial charge in [-0.2, -0.15) is 0 Å². The summed E-state index contributed by atoms with van der Waals surface area (Å²) in [5.74, 6) is -1.17. The van der Waals surface area contributed by atoms with Gasteiger partial charge >= 0.3 is 0 Å². The first-order chi connectivity index (χ1) is 8.16. The van der Waals surface area contributed by atoms with Crippen LogP contribution in [0.2, 0.25) is 0 Å². The molecule has 0 radical (unpaired) electrons. The molecule has 0 bridgehead atoms. The van der Waals surface area contributed by atoms with E-state index in [0.29, 0.717) is 5.69 Å². The highest BCUT2D eigenvalue weighted by Crippen LogP contribution is 2.10. The molecule has 0 aliphatic rings. The molecule has 0 unspecified atom stereocenters. The second-order valence-corrected chi connectivity index (χ2v) is 3.50. The van der Waals surface area contributed by atoms with E-state index in [1.807, 2.05) is 6.92 Å². The molecule has 0 aromatic carbocycles. The number of halogens is 1.